The van der Waals surface area contributed by atoms with Crippen LogP contribution in [0.15, 0.2) is 35.2 Å². The van der Waals surface area contributed by atoms with Crippen LogP contribution < -0.4 is 5.73 Å². The number of hydrogen-bond donors (Lipinski definition) is 2. The number of aliphatic hydroxyl groups is 1. The van der Waals surface area contributed by atoms with Gasteiger partial charge in [0.25, 0.3) is 0 Å². The maximum absolute atomic E-state index is 12.2. The van der Waals surface area contributed by atoms with Crippen molar-refractivity contribution in [3.63, 3.8) is 0 Å². The Morgan fingerprint density at radius 1 is 1.38 bits per heavy atom. The molecular formula is C11H15NO3S. The Balaban J connectivity index is 2.30. The minimum atomic E-state index is -3.34. The van der Waals surface area contributed by atoms with Gasteiger partial charge in [-0.3, -0.25) is 0 Å². The number of hydrogen-bond acceptors (Lipinski definition) is 4. The van der Waals surface area contributed by atoms with Gasteiger partial charge in [-0.05, 0) is 18.6 Å². The van der Waals surface area contributed by atoms with Crippen LogP contribution in [0.1, 0.15) is 6.42 Å². The lowest BCUT2D eigenvalue weighted by Crippen LogP contribution is -2.27. The van der Waals surface area contributed by atoms with E-state index in [1.807, 2.05) is 0 Å². The highest BCUT2D eigenvalue weighted by Gasteiger charge is 2.60. The highest BCUT2D eigenvalue weighted by molar-refractivity contribution is 7.92. The molecular weight excluding hydrogens is 226 g/mol. The Morgan fingerprint density at radius 2 is 2.00 bits per heavy atom. The first-order valence-corrected chi connectivity index (χ1v) is 6.71. The molecule has 0 amide bonds. The Morgan fingerprint density at radius 3 is 2.44 bits per heavy atom. The molecule has 1 aliphatic carbocycles. The SMILES string of the molecule is NCC1(CO)CC1S(=O)(=O)c1ccccc1. The standard InChI is InChI=1S/C11H15NO3S/c12-7-11(8-13)6-10(11)16(14,15)9-4-2-1-3-5-9/h1-5,10,13H,6-8,12H2. The van der Waals surface area contributed by atoms with Gasteiger partial charge in [0.1, 0.15) is 0 Å². The monoisotopic (exact) mass is 241 g/mol. The van der Waals surface area contributed by atoms with Gasteiger partial charge >= 0.3 is 0 Å². The van der Waals surface area contributed by atoms with Crippen LogP contribution in [0.5, 0.6) is 0 Å². The third-order valence-corrected chi connectivity index (χ3v) is 5.63. The molecule has 2 atom stereocenters. The topological polar surface area (TPSA) is 80.4 Å². The van der Waals surface area contributed by atoms with E-state index < -0.39 is 20.5 Å². The van der Waals surface area contributed by atoms with Gasteiger partial charge in [0, 0.05) is 12.0 Å². The molecule has 0 spiro atoms. The van der Waals surface area contributed by atoms with Crippen LogP contribution in [0.4, 0.5) is 0 Å². The van der Waals surface area contributed by atoms with Crippen LogP contribution in [-0.2, 0) is 9.84 Å². The molecule has 0 saturated heterocycles. The van der Waals surface area contributed by atoms with Crippen LogP contribution in [0.3, 0.4) is 0 Å². The van der Waals surface area contributed by atoms with Crippen LogP contribution in [0, 0.1) is 5.41 Å². The second-order valence-corrected chi connectivity index (χ2v) is 6.41. The van der Waals surface area contributed by atoms with Crippen LogP contribution in [0.2, 0.25) is 0 Å². The van der Waals surface area contributed by atoms with Gasteiger partial charge in [-0.25, -0.2) is 8.42 Å². The summed E-state index contributed by atoms with van der Waals surface area (Å²) in [5.41, 5.74) is 4.90. The zero-order valence-corrected chi connectivity index (χ0v) is 9.65. The van der Waals surface area contributed by atoms with Crippen molar-refractivity contribution in [2.75, 3.05) is 13.2 Å². The first-order chi connectivity index (χ1) is 7.57. The first-order valence-electron chi connectivity index (χ1n) is 5.17. The Labute approximate surface area is 95.0 Å². The number of aliphatic hydroxyl groups excluding tert-OH is 1. The molecule has 0 aliphatic heterocycles. The highest BCUT2D eigenvalue weighted by atomic mass is 32.2. The van der Waals surface area contributed by atoms with Crippen LogP contribution >= 0.6 is 0 Å². The average Bonchev–Trinajstić information content (AvgIpc) is 3.06. The van der Waals surface area contributed by atoms with E-state index in [1.165, 1.54) is 0 Å². The molecule has 4 nitrogen and oxygen atoms in total. The van der Waals surface area contributed by atoms with E-state index in [1.54, 1.807) is 30.3 Å². The summed E-state index contributed by atoms with van der Waals surface area (Å²) in [6, 6.07) is 8.31. The van der Waals surface area contributed by atoms with E-state index >= 15 is 0 Å². The fourth-order valence-electron chi connectivity index (χ4n) is 1.97. The van der Waals surface area contributed by atoms with E-state index in [4.69, 9.17) is 5.73 Å². The molecule has 2 rings (SSSR count). The fourth-order valence-corrected chi connectivity index (χ4v) is 4.21. The fraction of sp³-hybridized carbons (Fsp3) is 0.455. The summed E-state index contributed by atoms with van der Waals surface area (Å²) in [5, 5.41) is 8.66. The van der Waals surface area contributed by atoms with E-state index in [0.717, 1.165) is 0 Å². The van der Waals surface area contributed by atoms with E-state index in [2.05, 4.69) is 0 Å². The summed E-state index contributed by atoms with van der Waals surface area (Å²) >= 11 is 0. The summed E-state index contributed by atoms with van der Waals surface area (Å²) in [6.45, 7) is 0.0421. The second-order valence-electron chi connectivity index (χ2n) is 4.28. The molecule has 16 heavy (non-hydrogen) atoms. The van der Waals surface area contributed by atoms with Crippen molar-refractivity contribution in [2.45, 2.75) is 16.6 Å². The number of benzene rings is 1. The molecule has 0 heterocycles. The molecule has 1 aromatic rings. The molecule has 1 aliphatic rings. The summed E-state index contributed by atoms with van der Waals surface area (Å²) in [7, 11) is -3.34. The van der Waals surface area contributed by atoms with Crippen LogP contribution in [0.25, 0.3) is 0 Å². The van der Waals surface area contributed by atoms with Crippen molar-refractivity contribution in [3.05, 3.63) is 30.3 Å². The molecule has 0 radical (unpaired) electrons. The van der Waals surface area contributed by atoms with Gasteiger partial charge in [0.05, 0.1) is 16.8 Å². The Hall–Kier alpha value is -0.910. The molecule has 2 unspecified atom stereocenters. The van der Waals surface area contributed by atoms with Gasteiger partial charge in [-0.2, -0.15) is 0 Å². The average molecular weight is 241 g/mol. The van der Waals surface area contributed by atoms with E-state index in [0.29, 0.717) is 11.3 Å². The second kappa shape index (κ2) is 3.84. The molecule has 5 heteroatoms. The summed E-state index contributed by atoms with van der Waals surface area (Å²) in [6.07, 6.45) is 0.456. The van der Waals surface area contributed by atoms with Gasteiger partial charge in [0.2, 0.25) is 0 Å². The van der Waals surface area contributed by atoms with Gasteiger partial charge in [0.15, 0.2) is 9.84 Å². The third kappa shape index (κ3) is 1.65. The maximum Gasteiger partial charge on any atom is 0.181 e. The molecule has 3 N–H and O–H groups in total. The molecule has 0 bridgehead atoms. The summed E-state index contributed by atoms with van der Waals surface area (Å²) in [5.74, 6) is 0. The number of sulfone groups is 1. The number of rotatable bonds is 4. The zero-order valence-electron chi connectivity index (χ0n) is 8.83. The largest absolute Gasteiger partial charge is 0.396 e. The van der Waals surface area contributed by atoms with Crippen molar-refractivity contribution < 1.29 is 13.5 Å². The maximum atomic E-state index is 12.2. The van der Waals surface area contributed by atoms with Crippen molar-refractivity contribution >= 4 is 9.84 Å². The van der Waals surface area contributed by atoms with Crippen molar-refractivity contribution in [3.8, 4) is 0 Å². The molecule has 1 fully saturated rings. The number of nitrogens with two attached hydrogens (primary N) is 1. The minimum Gasteiger partial charge on any atom is -0.396 e. The predicted molar refractivity (Wildman–Crippen MR) is 60.6 cm³/mol. The first kappa shape index (κ1) is 11.6. The Kier molecular flexibility index (Phi) is 2.77. The normalized spacial score (nSPS) is 29.0. The van der Waals surface area contributed by atoms with Crippen molar-refractivity contribution in [1.29, 1.82) is 0 Å². The van der Waals surface area contributed by atoms with Gasteiger partial charge < -0.3 is 10.8 Å². The van der Waals surface area contributed by atoms with Crippen molar-refractivity contribution in [1.82, 2.24) is 0 Å². The molecule has 88 valence electrons. The van der Waals surface area contributed by atoms with Crippen molar-refractivity contribution in [2.24, 2.45) is 11.1 Å². The van der Waals surface area contributed by atoms with E-state index in [9.17, 15) is 13.5 Å². The summed E-state index contributed by atoms with van der Waals surface area (Å²) < 4.78 is 24.3. The molecule has 1 saturated carbocycles. The van der Waals surface area contributed by atoms with E-state index in [-0.39, 0.29) is 13.2 Å². The van der Waals surface area contributed by atoms with Crippen LogP contribution in [-0.4, -0.2) is 31.9 Å². The summed E-state index contributed by atoms with van der Waals surface area (Å²) in [4.78, 5) is 0.309. The molecule has 1 aromatic carbocycles. The van der Waals surface area contributed by atoms with Gasteiger partial charge in [-0.1, -0.05) is 18.2 Å². The minimum absolute atomic E-state index is 0.166. The smallest absolute Gasteiger partial charge is 0.181 e. The third-order valence-electron chi connectivity index (χ3n) is 3.28. The highest BCUT2D eigenvalue weighted by Crippen LogP contribution is 2.51. The lowest BCUT2D eigenvalue weighted by molar-refractivity contribution is 0.217. The predicted octanol–water partition coefficient (Wildman–Crippen LogP) is 0.170. The lowest BCUT2D eigenvalue weighted by Gasteiger charge is -2.11. The lowest BCUT2D eigenvalue weighted by atomic mass is 10.1. The van der Waals surface area contributed by atoms with Gasteiger partial charge in [-0.15, -0.1) is 0 Å². The molecule has 0 aromatic heterocycles. The zero-order chi connectivity index (χ0) is 11.8. The Bertz CT molecular complexity index is 465. The quantitative estimate of drug-likeness (QED) is 0.787.